The molecule has 0 saturated heterocycles. The second-order valence-corrected chi connectivity index (χ2v) is 8.04. The second kappa shape index (κ2) is 14.6. The van der Waals surface area contributed by atoms with Crippen LogP contribution in [0.2, 0.25) is 0 Å². The predicted molar refractivity (Wildman–Crippen MR) is 142 cm³/mol. The Morgan fingerprint density at radius 3 is 1.70 bits per heavy atom. The molecule has 0 amide bonds. The molecular weight excluding hydrogens is 523 g/mol. The summed E-state index contributed by atoms with van der Waals surface area (Å²) in [5.74, 6) is -2.58. The van der Waals surface area contributed by atoms with Crippen LogP contribution in [0.1, 0.15) is 23.2 Å². The van der Waals surface area contributed by atoms with E-state index >= 15 is 0 Å². The molecule has 40 heavy (non-hydrogen) atoms. The minimum absolute atomic E-state index is 0.0196. The van der Waals surface area contributed by atoms with Crippen molar-refractivity contribution in [2.24, 2.45) is 0 Å². The lowest BCUT2D eigenvalue weighted by atomic mass is 10.0. The van der Waals surface area contributed by atoms with Gasteiger partial charge in [0.25, 0.3) is 0 Å². The summed E-state index contributed by atoms with van der Waals surface area (Å²) in [7, 11) is 0. The number of esters is 3. The van der Waals surface area contributed by atoms with Crippen molar-refractivity contribution in [3.8, 4) is 28.4 Å². The monoisotopic (exact) mass is 548 g/mol. The molecule has 206 valence electrons. The van der Waals surface area contributed by atoms with Gasteiger partial charge in [-0.1, -0.05) is 37.4 Å². The SMILES string of the molecule is C=CC(=O)Oc1ccc(OC(=O)c2ccc(-c3ccc(OC(=O)OCCCCOC(=O)C(=C)F)cc3)cc2)cc1. The van der Waals surface area contributed by atoms with Crippen molar-refractivity contribution in [3.63, 3.8) is 0 Å². The van der Waals surface area contributed by atoms with Crippen molar-refractivity contribution >= 4 is 24.1 Å². The van der Waals surface area contributed by atoms with Crippen LogP contribution in [-0.2, 0) is 19.1 Å². The first kappa shape index (κ1) is 29.3. The minimum atomic E-state index is -1.17. The molecule has 3 aromatic rings. The quantitative estimate of drug-likeness (QED) is 0.0885. The highest BCUT2D eigenvalue weighted by atomic mass is 19.1. The fraction of sp³-hybridized carbons (Fsp3) is 0.133. The van der Waals surface area contributed by atoms with E-state index in [0.717, 1.165) is 17.2 Å². The minimum Gasteiger partial charge on any atom is -0.460 e. The smallest absolute Gasteiger partial charge is 0.460 e. The summed E-state index contributed by atoms with van der Waals surface area (Å²) in [6.07, 6.45) is 0.919. The Hall–Kier alpha value is -5.25. The molecule has 0 atom stereocenters. The standard InChI is InChI=1S/C30H25FO9/c1-3-27(32)38-24-14-16-25(17-15-24)39-29(34)23-8-6-21(7-9-23)22-10-12-26(13-11-22)40-30(35)37-19-5-4-18-36-28(33)20(2)31/h3,6-17H,1-2,4-5,18-19H2. The number of hydrogen-bond acceptors (Lipinski definition) is 9. The van der Waals surface area contributed by atoms with Gasteiger partial charge in [0.05, 0.1) is 18.8 Å². The van der Waals surface area contributed by atoms with Crippen LogP contribution in [0.3, 0.4) is 0 Å². The second-order valence-electron chi connectivity index (χ2n) is 8.04. The van der Waals surface area contributed by atoms with Crippen LogP contribution >= 0.6 is 0 Å². The molecule has 0 spiro atoms. The van der Waals surface area contributed by atoms with Crippen LogP contribution in [0.15, 0.2) is 97.9 Å². The van der Waals surface area contributed by atoms with Crippen molar-refractivity contribution in [2.45, 2.75) is 12.8 Å². The van der Waals surface area contributed by atoms with Gasteiger partial charge in [-0.2, -0.15) is 4.39 Å². The highest BCUT2D eigenvalue weighted by molar-refractivity contribution is 5.91. The van der Waals surface area contributed by atoms with Crippen molar-refractivity contribution < 1.29 is 47.3 Å². The average Bonchev–Trinajstić information content (AvgIpc) is 2.96. The van der Waals surface area contributed by atoms with Gasteiger partial charge >= 0.3 is 24.1 Å². The molecule has 0 heterocycles. The van der Waals surface area contributed by atoms with Crippen LogP contribution in [0.5, 0.6) is 17.2 Å². The largest absolute Gasteiger partial charge is 0.513 e. The number of unbranched alkanes of at least 4 members (excludes halogenated alkanes) is 1. The molecule has 0 unspecified atom stereocenters. The van der Waals surface area contributed by atoms with Crippen molar-refractivity contribution in [3.05, 3.63) is 103 Å². The van der Waals surface area contributed by atoms with Crippen LogP contribution in [-0.4, -0.2) is 37.3 Å². The summed E-state index contributed by atoms with van der Waals surface area (Å²) in [5, 5.41) is 0. The molecular formula is C30H25FO9. The molecule has 0 radical (unpaired) electrons. The van der Waals surface area contributed by atoms with Crippen LogP contribution < -0.4 is 14.2 Å². The van der Waals surface area contributed by atoms with E-state index in [-0.39, 0.29) is 24.7 Å². The molecule has 0 N–H and O–H groups in total. The average molecular weight is 549 g/mol. The Kier molecular flexibility index (Phi) is 10.7. The molecule has 0 bridgehead atoms. The molecule has 0 aliphatic heterocycles. The molecule has 0 aliphatic rings. The maximum atomic E-state index is 12.5. The maximum Gasteiger partial charge on any atom is 0.513 e. The van der Waals surface area contributed by atoms with Crippen LogP contribution in [0.25, 0.3) is 11.1 Å². The fourth-order valence-corrected chi connectivity index (χ4v) is 3.14. The van der Waals surface area contributed by atoms with Crippen molar-refractivity contribution in [1.29, 1.82) is 0 Å². The van der Waals surface area contributed by atoms with Gasteiger partial charge in [0.15, 0.2) is 0 Å². The number of hydrogen-bond donors (Lipinski definition) is 0. The lowest BCUT2D eigenvalue weighted by Gasteiger charge is -2.08. The Balaban J connectivity index is 1.44. The van der Waals surface area contributed by atoms with E-state index in [1.807, 2.05) is 0 Å². The highest BCUT2D eigenvalue weighted by Crippen LogP contribution is 2.24. The normalized spacial score (nSPS) is 10.1. The van der Waals surface area contributed by atoms with E-state index in [4.69, 9.17) is 18.9 Å². The highest BCUT2D eigenvalue weighted by Gasteiger charge is 2.11. The first-order valence-electron chi connectivity index (χ1n) is 12.0. The van der Waals surface area contributed by atoms with Gasteiger partial charge in [-0.05, 0) is 72.5 Å². The Morgan fingerprint density at radius 2 is 1.15 bits per heavy atom. The molecule has 0 saturated carbocycles. The van der Waals surface area contributed by atoms with Gasteiger partial charge in [-0.3, -0.25) is 0 Å². The zero-order valence-corrected chi connectivity index (χ0v) is 21.3. The summed E-state index contributed by atoms with van der Waals surface area (Å²) >= 11 is 0. The van der Waals surface area contributed by atoms with Gasteiger partial charge in [-0.15, -0.1) is 0 Å². The molecule has 0 aromatic heterocycles. The van der Waals surface area contributed by atoms with Gasteiger partial charge in [0.1, 0.15) is 17.2 Å². The first-order valence-corrected chi connectivity index (χ1v) is 12.0. The Labute approximate surface area is 229 Å². The molecule has 9 nitrogen and oxygen atoms in total. The zero-order valence-electron chi connectivity index (χ0n) is 21.3. The van der Waals surface area contributed by atoms with E-state index in [2.05, 4.69) is 17.9 Å². The summed E-state index contributed by atoms with van der Waals surface area (Å²) in [6.45, 7) is 6.17. The van der Waals surface area contributed by atoms with Crippen LogP contribution in [0.4, 0.5) is 9.18 Å². The fourth-order valence-electron chi connectivity index (χ4n) is 3.14. The van der Waals surface area contributed by atoms with E-state index in [0.29, 0.717) is 24.2 Å². The van der Waals surface area contributed by atoms with Gasteiger partial charge < -0.3 is 23.7 Å². The molecule has 10 heteroatoms. The third-order valence-electron chi connectivity index (χ3n) is 5.14. The first-order chi connectivity index (χ1) is 19.2. The lowest BCUT2D eigenvalue weighted by molar-refractivity contribution is -0.140. The number of carbonyl (C=O) groups excluding carboxylic acids is 4. The zero-order chi connectivity index (χ0) is 28.9. The van der Waals surface area contributed by atoms with E-state index in [1.54, 1.807) is 48.5 Å². The van der Waals surface area contributed by atoms with Crippen molar-refractivity contribution in [2.75, 3.05) is 13.2 Å². The third kappa shape index (κ3) is 9.25. The summed E-state index contributed by atoms with van der Waals surface area (Å²) in [6, 6.07) is 19.4. The molecule has 0 fully saturated rings. The topological polar surface area (TPSA) is 114 Å². The van der Waals surface area contributed by atoms with Gasteiger partial charge in [0.2, 0.25) is 5.83 Å². The maximum absolute atomic E-state index is 12.5. The summed E-state index contributed by atoms with van der Waals surface area (Å²) in [5.41, 5.74) is 1.96. The van der Waals surface area contributed by atoms with Crippen molar-refractivity contribution in [1.82, 2.24) is 0 Å². The Bertz CT molecular complexity index is 1360. The van der Waals surface area contributed by atoms with Gasteiger partial charge in [0, 0.05) is 6.08 Å². The van der Waals surface area contributed by atoms with Crippen LogP contribution in [0, 0.1) is 0 Å². The van der Waals surface area contributed by atoms with E-state index < -0.39 is 29.9 Å². The molecule has 3 aromatic carbocycles. The summed E-state index contributed by atoms with van der Waals surface area (Å²) < 4.78 is 37.5. The number of rotatable bonds is 12. The Morgan fingerprint density at radius 1 is 0.675 bits per heavy atom. The number of halogens is 1. The number of carbonyl (C=O) groups is 4. The molecule has 3 rings (SSSR count). The van der Waals surface area contributed by atoms with E-state index in [9.17, 15) is 23.6 Å². The third-order valence-corrected chi connectivity index (χ3v) is 5.14. The van der Waals surface area contributed by atoms with E-state index in [1.165, 1.54) is 24.3 Å². The molecule has 0 aliphatic carbocycles. The number of ether oxygens (including phenoxy) is 5. The number of benzene rings is 3. The lowest BCUT2D eigenvalue weighted by Crippen LogP contribution is -2.12. The van der Waals surface area contributed by atoms with Gasteiger partial charge in [-0.25, -0.2) is 19.2 Å². The summed E-state index contributed by atoms with van der Waals surface area (Å²) in [4.78, 5) is 46.5. The predicted octanol–water partition coefficient (Wildman–Crippen LogP) is 5.99.